The highest BCUT2D eigenvalue weighted by Gasteiger charge is 2.38. The molecule has 7 heteroatoms. The number of nitrogens with one attached hydrogen (secondary N) is 3. The van der Waals surface area contributed by atoms with E-state index in [-0.39, 0.29) is 28.4 Å². The maximum absolute atomic E-state index is 12.4. The van der Waals surface area contributed by atoms with E-state index in [1.807, 2.05) is 0 Å². The van der Waals surface area contributed by atoms with Crippen LogP contribution in [0.3, 0.4) is 0 Å². The van der Waals surface area contributed by atoms with Crippen LogP contribution in [0, 0.1) is 11.8 Å². The topological polar surface area (TPSA) is 87.3 Å². The van der Waals surface area contributed by atoms with Gasteiger partial charge in [-0.2, -0.15) is 0 Å². The van der Waals surface area contributed by atoms with Gasteiger partial charge in [-0.15, -0.1) is 0 Å². The molecule has 6 nitrogen and oxygen atoms in total. The van der Waals surface area contributed by atoms with Gasteiger partial charge < -0.3 is 13.9 Å². The summed E-state index contributed by atoms with van der Waals surface area (Å²) in [6, 6.07) is 0. The molecule has 0 heterocycles. The van der Waals surface area contributed by atoms with E-state index in [9.17, 15) is 14.4 Å². The highest BCUT2D eigenvalue weighted by Crippen LogP contribution is 2.24. The van der Waals surface area contributed by atoms with Crippen LogP contribution in [0.4, 0.5) is 4.79 Å². The first-order valence-corrected chi connectivity index (χ1v) is 10.7. The Morgan fingerprint density at radius 2 is 1.13 bits per heavy atom. The summed E-state index contributed by atoms with van der Waals surface area (Å²) in [7, 11) is 1.54. The standard InChI is InChI=1S/2C7H13NO.C2H4NO.Al/c2*8-7(9)6-4-2-1-3-5-6;1-3-2-4;/h2*6H,1-5H2,(H2,8,9);1H3,(H,3,4);/q;;;+2/p-2. The van der Waals surface area contributed by atoms with Gasteiger partial charge in [-0.1, -0.05) is 38.5 Å². The Morgan fingerprint density at radius 3 is 1.48 bits per heavy atom. The molecule has 0 radical (unpaired) electrons. The lowest BCUT2D eigenvalue weighted by molar-refractivity contribution is -0.124. The molecule has 128 valence electrons. The minimum Gasteiger partial charge on any atom is -0.421 e. The first-order valence-electron chi connectivity index (χ1n) is 8.94. The third-order valence-electron chi connectivity index (χ3n) is 5.03. The summed E-state index contributed by atoms with van der Waals surface area (Å²) in [5, 5.41) is 2.57. The average Bonchev–Trinajstić information content (AvgIpc) is 2.61. The molecule has 2 aliphatic rings. The van der Waals surface area contributed by atoms with Gasteiger partial charge in [-0.05, 0) is 25.7 Å². The molecule has 0 bridgehead atoms. The summed E-state index contributed by atoms with van der Waals surface area (Å²) in [5.41, 5.74) is 0. The third-order valence-corrected chi connectivity index (χ3v) is 6.99. The molecule has 23 heavy (non-hydrogen) atoms. The highest BCUT2D eigenvalue weighted by molar-refractivity contribution is 6.88. The van der Waals surface area contributed by atoms with Gasteiger partial charge in [0.2, 0.25) is 11.8 Å². The number of carbonyl (C=O) groups is 3. The number of rotatable bonds is 5. The van der Waals surface area contributed by atoms with E-state index in [1.165, 1.54) is 12.8 Å². The lowest BCUT2D eigenvalue weighted by atomic mass is 9.89. The Kier molecular flexibility index (Phi) is 7.38. The van der Waals surface area contributed by atoms with E-state index >= 15 is 0 Å². The smallest absolute Gasteiger partial charge is 0.421 e. The summed E-state index contributed by atoms with van der Waals surface area (Å²) in [6.07, 6.45) is 10.2. The predicted molar refractivity (Wildman–Crippen MR) is 89.6 cm³/mol. The van der Waals surface area contributed by atoms with Crippen molar-refractivity contribution in [3.63, 3.8) is 0 Å². The number of amides is 3. The fourth-order valence-corrected chi connectivity index (χ4v) is 5.22. The minimum atomic E-state index is -2.53. The molecule has 0 aliphatic heterocycles. The zero-order chi connectivity index (χ0) is 16.7. The lowest BCUT2D eigenvalue weighted by Crippen LogP contribution is -2.62. The predicted octanol–water partition coefficient (Wildman–Crippen LogP) is 1.79. The van der Waals surface area contributed by atoms with E-state index < -0.39 is 14.6 Å². The molecule has 2 aliphatic carbocycles. The van der Waals surface area contributed by atoms with Gasteiger partial charge in [0.1, 0.15) is 0 Å². The first-order chi connectivity index (χ1) is 11.1. The van der Waals surface area contributed by atoms with Crippen molar-refractivity contribution in [3.8, 4) is 0 Å². The Balaban J connectivity index is 1.91. The van der Waals surface area contributed by atoms with Crippen molar-refractivity contribution in [1.82, 2.24) is 13.9 Å². The molecule has 3 N–H and O–H groups in total. The normalized spacial score (nSPS) is 19.7. The second-order valence-corrected chi connectivity index (χ2v) is 8.70. The molecule has 2 saturated carbocycles. The Morgan fingerprint density at radius 1 is 0.739 bits per heavy atom. The fourth-order valence-electron chi connectivity index (χ4n) is 3.56. The summed E-state index contributed by atoms with van der Waals surface area (Å²) < 4.78 is 5.49. The summed E-state index contributed by atoms with van der Waals surface area (Å²) in [5.74, 6) is -0.132. The lowest BCUT2D eigenvalue weighted by Gasteiger charge is -2.25. The van der Waals surface area contributed by atoms with Crippen LogP contribution >= 0.6 is 0 Å². The maximum Gasteiger partial charge on any atom is 0.690 e. The summed E-state index contributed by atoms with van der Waals surface area (Å²) >= 11 is -2.53. The second kappa shape index (κ2) is 9.29. The Hall–Kier alpha value is -1.06. The second-order valence-electron chi connectivity index (χ2n) is 6.73. The van der Waals surface area contributed by atoms with E-state index in [1.54, 1.807) is 7.05 Å². The molecule has 0 saturated heterocycles. The van der Waals surface area contributed by atoms with Crippen LogP contribution in [-0.4, -0.2) is 38.2 Å². The third kappa shape index (κ3) is 5.51. The van der Waals surface area contributed by atoms with Crippen LogP contribution in [0.25, 0.3) is 0 Å². The van der Waals surface area contributed by atoms with Crippen molar-refractivity contribution in [2.75, 3.05) is 7.05 Å². The van der Waals surface area contributed by atoms with E-state index in [0.29, 0.717) is 0 Å². The summed E-state index contributed by atoms with van der Waals surface area (Å²) in [4.78, 5) is 36.8. The monoisotopic (exact) mass is 337 g/mol. The number of hydrogen-bond donors (Lipinski definition) is 3. The molecular formula is C16H28AlN3O3. The van der Waals surface area contributed by atoms with Gasteiger partial charge in [-0.25, -0.2) is 0 Å². The molecule has 2 rings (SSSR count). The highest BCUT2D eigenvalue weighted by atomic mass is 27.2. The SMILES string of the molecule is CN[C](=O)[Al]([NH]C(=O)C1CCCCC1)[NH]C(=O)C1CCCCC1. The van der Waals surface area contributed by atoms with E-state index in [0.717, 1.165) is 51.4 Å². The van der Waals surface area contributed by atoms with Crippen molar-refractivity contribution in [2.45, 2.75) is 64.2 Å². The summed E-state index contributed by atoms with van der Waals surface area (Å²) in [6.45, 7) is 0. The maximum atomic E-state index is 12.4. The minimum absolute atomic E-state index is 0.00464. The van der Waals surface area contributed by atoms with E-state index in [2.05, 4.69) is 13.9 Å². The zero-order valence-corrected chi connectivity index (χ0v) is 15.2. The van der Waals surface area contributed by atoms with Crippen LogP contribution in [0.15, 0.2) is 0 Å². The first kappa shape index (κ1) is 18.3. The van der Waals surface area contributed by atoms with Gasteiger partial charge >= 0.3 is 14.6 Å². The number of carbonyl (C=O) groups excluding carboxylic acids is 3. The molecular weight excluding hydrogens is 309 g/mol. The number of hydrogen-bond acceptors (Lipinski definition) is 3. The molecule has 0 spiro atoms. The van der Waals surface area contributed by atoms with Gasteiger partial charge in [0.15, 0.2) is 4.77 Å². The Bertz CT molecular complexity index is 400. The van der Waals surface area contributed by atoms with Crippen LogP contribution < -0.4 is 13.9 Å². The van der Waals surface area contributed by atoms with Gasteiger partial charge in [0.05, 0.1) is 0 Å². The fraction of sp³-hybridized carbons (Fsp3) is 0.812. The van der Waals surface area contributed by atoms with Crippen molar-refractivity contribution >= 4 is 31.2 Å². The van der Waals surface area contributed by atoms with Gasteiger partial charge in [0.25, 0.3) is 0 Å². The zero-order valence-electron chi connectivity index (χ0n) is 14.0. The van der Waals surface area contributed by atoms with Crippen LogP contribution in [0.1, 0.15) is 64.2 Å². The molecule has 0 aromatic rings. The molecule has 2 fully saturated rings. The van der Waals surface area contributed by atoms with Crippen LogP contribution in [0.2, 0.25) is 0 Å². The largest absolute Gasteiger partial charge is 0.690 e. The van der Waals surface area contributed by atoms with Crippen molar-refractivity contribution in [1.29, 1.82) is 0 Å². The van der Waals surface area contributed by atoms with Crippen molar-refractivity contribution in [2.24, 2.45) is 11.8 Å². The average molecular weight is 337 g/mol. The molecule has 0 aromatic carbocycles. The van der Waals surface area contributed by atoms with Crippen LogP contribution in [0.5, 0.6) is 0 Å². The van der Waals surface area contributed by atoms with E-state index in [4.69, 9.17) is 0 Å². The van der Waals surface area contributed by atoms with Crippen molar-refractivity contribution in [3.05, 3.63) is 0 Å². The molecule has 0 atom stereocenters. The molecule has 3 amide bonds. The Labute approximate surface area is 143 Å². The van der Waals surface area contributed by atoms with Gasteiger partial charge in [0, 0.05) is 18.9 Å². The molecule has 0 unspecified atom stereocenters. The van der Waals surface area contributed by atoms with Crippen LogP contribution in [-0.2, 0) is 9.59 Å². The quantitative estimate of drug-likeness (QED) is 0.668. The van der Waals surface area contributed by atoms with Gasteiger partial charge in [-0.3, -0.25) is 14.4 Å². The van der Waals surface area contributed by atoms with Crippen molar-refractivity contribution < 1.29 is 14.4 Å². The molecule has 0 aromatic heterocycles.